The van der Waals surface area contributed by atoms with Gasteiger partial charge in [-0.3, -0.25) is 9.59 Å². The van der Waals surface area contributed by atoms with Crippen molar-refractivity contribution >= 4 is 45.6 Å². The average molecular weight is 401 g/mol. The zero-order valence-electron chi connectivity index (χ0n) is 15.4. The smallest absolute Gasteiger partial charge is 0.257 e. The largest absolute Gasteiger partial charge is 0.321 e. The van der Waals surface area contributed by atoms with Crippen LogP contribution in [0, 0.1) is 0 Å². The number of carbonyl (C=O) groups excluding carboxylic acids is 2. The molecule has 0 aliphatic rings. The van der Waals surface area contributed by atoms with Gasteiger partial charge in [-0.1, -0.05) is 72.3 Å². The van der Waals surface area contributed by atoms with E-state index in [9.17, 15) is 9.59 Å². The Morgan fingerprint density at radius 1 is 0.586 bits per heavy atom. The highest BCUT2D eigenvalue weighted by Gasteiger charge is 2.16. The number of hydrogen-bond donors (Lipinski definition) is 2. The lowest BCUT2D eigenvalue weighted by Crippen LogP contribution is -2.18. The predicted molar refractivity (Wildman–Crippen MR) is 118 cm³/mol. The second-order valence-electron chi connectivity index (χ2n) is 6.46. The molecule has 0 heterocycles. The quantitative estimate of drug-likeness (QED) is 0.441. The Morgan fingerprint density at radius 3 is 1.97 bits per heavy atom. The minimum atomic E-state index is -0.374. The summed E-state index contributed by atoms with van der Waals surface area (Å²) in [6.45, 7) is 0. The van der Waals surface area contributed by atoms with E-state index in [1.807, 2.05) is 42.5 Å². The Labute approximate surface area is 173 Å². The fraction of sp³-hybridized carbons (Fsp3) is 0. The molecule has 0 bridgehead atoms. The number of anilines is 2. The highest BCUT2D eigenvalue weighted by molar-refractivity contribution is 6.34. The van der Waals surface area contributed by atoms with E-state index in [1.165, 1.54) is 0 Å². The molecule has 4 rings (SSSR count). The summed E-state index contributed by atoms with van der Waals surface area (Å²) in [4.78, 5) is 25.6. The number of carbonyl (C=O) groups is 2. The molecular weight excluding hydrogens is 384 g/mol. The van der Waals surface area contributed by atoms with Gasteiger partial charge in [0.15, 0.2) is 0 Å². The number of benzene rings is 4. The number of hydrogen-bond acceptors (Lipinski definition) is 2. The molecule has 0 fully saturated rings. The second-order valence-corrected chi connectivity index (χ2v) is 6.87. The maximum absolute atomic E-state index is 13.0. The Morgan fingerprint density at radius 2 is 1.14 bits per heavy atom. The van der Waals surface area contributed by atoms with E-state index in [-0.39, 0.29) is 11.8 Å². The van der Waals surface area contributed by atoms with Crippen LogP contribution in [0.1, 0.15) is 20.7 Å². The van der Waals surface area contributed by atoms with Gasteiger partial charge in [0, 0.05) is 11.1 Å². The number of rotatable bonds is 4. The van der Waals surface area contributed by atoms with E-state index >= 15 is 0 Å². The van der Waals surface area contributed by atoms with Gasteiger partial charge in [0.1, 0.15) is 0 Å². The van der Waals surface area contributed by atoms with Gasteiger partial charge in [0.2, 0.25) is 0 Å². The molecule has 0 radical (unpaired) electrons. The summed E-state index contributed by atoms with van der Waals surface area (Å²) in [5, 5.41) is 8.06. The Hall–Kier alpha value is -3.63. The van der Waals surface area contributed by atoms with Gasteiger partial charge in [-0.15, -0.1) is 0 Å². The summed E-state index contributed by atoms with van der Waals surface area (Å²) in [5.41, 5.74) is 1.83. The van der Waals surface area contributed by atoms with Crippen molar-refractivity contribution < 1.29 is 9.59 Å². The molecule has 0 aliphatic carbocycles. The summed E-state index contributed by atoms with van der Waals surface area (Å²) >= 11 is 6.11. The van der Waals surface area contributed by atoms with Gasteiger partial charge in [-0.05, 0) is 35.7 Å². The van der Waals surface area contributed by atoms with Gasteiger partial charge >= 0.3 is 0 Å². The number of nitrogens with one attached hydrogen (secondary N) is 2. The molecule has 0 saturated heterocycles. The fourth-order valence-corrected chi connectivity index (χ4v) is 3.37. The van der Waals surface area contributed by atoms with E-state index in [0.29, 0.717) is 27.5 Å². The van der Waals surface area contributed by atoms with Crippen molar-refractivity contribution in [2.45, 2.75) is 0 Å². The van der Waals surface area contributed by atoms with Crippen molar-refractivity contribution in [1.82, 2.24) is 0 Å². The zero-order valence-corrected chi connectivity index (χ0v) is 16.1. The van der Waals surface area contributed by atoms with Crippen LogP contribution >= 0.6 is 11.6 Å². The van der Waals surface area contributed by atoms with Crippen LogP contribution in [-0.4, -0.2) is 11.8 Å². The van der Waals surface area contributed by atoms with Crippen molar-refractivity contribution in [2.75, 3.05) is 10.6 Å². The minimum Gasteiger partial charge on any atom is -0.321 e. The van der Waals surface area contributed by atoms with E-state index in [2.05, 4.69) is 10.6 Å². The number of fused-ring (bicyclic) bond motifs is 1. The minimum absolute atomic E-state index is 0.309. The Bertz CT molecular complexity index is 1210. The molecule has 0 spiro atoms. The topological polar surface area (TPSA) is 58.2 Å². The first kappa shape index (κ1) is 18.7. The Balaban J connectivity index is 1.62. The molecule has 0 unspecified atom stereocenters. The molecule has 4 nitrogen and oxygen atoms in total. The lowest BCUT2D eigenvalue weighted by atomic mass is 10.1. The third-order valence-corrected chi connectivity index (χ3v) is 4.91. The number of halogens is 1. The molecule has 5 heteroatoms. The average Bonchev–Trinajstić information content (AvgIpc) is 2.74. The van der Waals surface area contributed by atoms with Crippen molar-refractivity contribution in [2.24, 2.45) is 0 Å². The standard InChI is InChI=1S/C24H17ClN2O2/c25-20-13-5-3-11-18(20)23(28)27-22-14-6-4-12-19(22)24(29)26-21-15-7-9-16-8-1-2-10-17(16)21/h1-15H,(H,26,29)(H,27,28). The van der Waals surface area contributed by atoms with Crippen LogP contribution < -0.4 is 10.6 Å². The van der Waals surface area contributed by atoms with E-state index < -0.39 is 0 Å². The SMILES string of the molecule is O=C(Nc1ccccc1C(=O)Nc1cccc2ccccc12)c1ccccc1Cl. The van der Waals surface area contributed by atoms with Gasteiger partial charge in [-0.25, -0.2) is 0 Å². The summed E-state index contributed by atoms with van der Waals surface area (Å²) in [5.74, 6) is -0.683. The third kappa shape index (κ3) is 3.98. The fourth-order valence-electron chi connectivity index (χ4n) is 3.15. The van der Waals surface area contributed by atoms with Gasteiger partial charge < -0.3 is 10.6 Å². The van der Waals surface area contributed by atoms with Crippen LogP contribution in [0.2, 0.25) is 5.02 Å². The van der Waals surface area contributed by atoms with Crippen molar-refractivity contribution in [1.29, 1.82) is 0 Å². The van der Waals surface area contributed by atoms with Crippen LogP contribution in [0.25, 0.3) is 10.8 Å². The van der Waals surface area contributed by atoms with Crippen LogP contribution in [0.15, 0.2) is 91.0 Å². The van der Waals surface area contributed by atoms with E-state index in [0.717, 1.165) is 10.8 Å². The predicted octanol–water partition coefficient (Wildman–Crippen LogP) is 6.00. The van der Waals surface area contributed by atoms with Gasteiger partial charge in [0.05, 0.1) is 21.8 Å². The lowest BCUT2D eigenvalue weighted by molar-refractivity contribution is 0.102. The maximum Gasteiger partial charge on any atom is 0.257 e. The van der Waals surface area contributed by atoms with Crippen molar-refractivity contribution in [3.8, 4) is 0 Å². The third-order valence-electron chi connectivity index (χ3n) is 4.58. The number of para-hydroxylation sites is 1. The molecule has 0 aliphatic heterocycles. The van der Waals surface area contributed by atoms with Crippen LogP contribution in [0.3, 0.4) is 0 Å². The highest BCUT2D eigenvalue weighted by atomic mass is 35.5. The first-order valence-corrected chi connectivity index (χ1v) is 9.45. The summed E-state index contributed by atoms with van der Waals surface area (Å²) < 4.78 is 0. The second kappa shape index (κ2) is 8.17. The highest BCUT2D eigenvalue weighted by Crippen LogP contribution is 2.25. The van der Waals surface area contributed by atoms with Crippen LogP contribution in [0.5, 0.6) is 0 Å². The lowest BCUT2D eigenvalue weighted by Gasteiger charge is -2.13. The van der Waals surface area contributed by atoms with Crippen molar-refractivity contribution in [3.63, 3.8) is 0 Å². The Kier molecular flexibility index (Phi) is 5.27. The maximum atomic E-state index is 13.0. The van der Waals surface area contributed by atoms with Gasteiger partial charge in [-0.2, -0.15) is 0 Å². The molecule has 0 atom stereocenters. The summed E-state index contributed by atoms with van der Waals surface area (Å²) in [7, 11) is 0. The monoisotopic (exact) mass is 400 g/mol. The molecule has 0 aromatic heterocycles. The molecule has 4 aromatic rings. The molecule has 29 heavy (non-hydrogen) atoms. The molecule has 2 N–H and O–H groups in total. The number of amides is 2. The normalized spacial score (nSPS) is 10.5. The molecule has 0 saturated carbocycles. The van der Waals surface area contributed by atoms with E-state index in [1.54, 1.807) is 48.5 Å². The molecule has 4 aromatic carbocycles. The van der Waals surface area contributed by atoms with Crippen LogP contribution in [0.4, 0.5) is 11.4 Å². The van der Waals surface area contributed by atoms with E-state index in [4.69, 9.17) is 11.6 Å². The first-order valence-electron chi connectivity index (χ1n) is 9.07. The zero-order chi connectivity index (χ0) is 20.2. The van der Waals surface area contributed by atoms with Gasteiger partial charge in [0.25, 0.3) is 11.8 Å². The molecule has 2 amide bonds. The molecular formula is C24H17ClN2O2. The summed E-state index contributed by atoms with van der Waals surface area (Å²) in [6.07, 6.45) is 0. The summed E-state index contributed by atoms with van der Waals surface area (Å²) in [6, 6.07) is 27.2. The van der Waals surface area contributed by atoms with Crippen LogP contribution in [-0.2, 0) is 0 Å². The molecule has 142 valence electrons. The first-order chi connectivity index (χ1) is 14.1. The van der Waals surface area contributed by atoms with Crippen molar-refractivity contribution in [3.05, 3.63) is 107 Å².